The minimum absolute atomic E-state index is 0.0213. The number of hydrogen-bond acceptors (Lipinski definition) is 7. The van der Waals surface area contributed by atoms with E-state index in [0.717, 1.165) is 66.2 Å². The Labute approximate surface area is 247 Å². The van der Waals surface area contributed by atoms with Crippen LogP contribution in [0.4, 0.5) is 5.82 Å². The van der Waals surface area contributed by atoms with Gasteiger partial charge in [-0.15, -0.1) is 0 Å². The predicted octanol–water partition coefficient (Wildman–Crippen LogP) is 4.59. The van der Waals surface area contributed by atoms with Crippen LogP contribution in [-0.4, -0.2) is 71.0 Å². The maximum Gasteiger partial charge on any atom is 0.145 e. The first-order valence-electron chi connectivity index (χ1n) is 15.8. The van der Waals surface area contributed by atoms with Crippen LogP contribution in [0.5, 0.6) is 0 Å². The molecule has 7 rings (SSSR count). The van der Waals surface area contributed by atoms with Gasteiger partial charge in [-0.2, -0.15) is 0 Å². The number of aromatic amines is 1. The molecule has 3 aromatic heterocycles. The predicted molar refractivity (Wildman–Crippen MR) is 165 cm³/mol. The van der Waals surface area contributed by atoms with Crippen molar-refractivity contribution in [3.63, 3.8) is 0 Å². The van der Waals surface area contributed by atoms with Crippen molar-refractivity contribution in [2.75, 3.05) is 18.8 Å². The van der Waals surface area contributed by atoms with Crippen LogP contribution in [0.1, 0.15) is 76.7 Å². The van der Waals surface area contributed by atoms with E-state index >= 15 is 0 Å². The summed E-state index contributed by atoms with van der Waals surface area (Å²) >= 11 is 0. The Kier molecular flexibility index (Phi) is 7.02. The number of fused-ring (bicyclic) bond motifs is 2. The maximum absolute atomic E-state index is 11.2. The highest BCUT2D eigenvalue weighted by atomic mass is 16.3. The van der Waals surface area contributed by atoms with E-state index in [1.807, 2.05) is 16.8 Å². The molecular weight excluding hydrogens is 526 g/mol. The van der Waals surface area contributed by atoms with Crippen molar-refractivity contribution in [2.45, 2.75) is 95.4 Å². The van der Waals surface area contributed by atoms with Gasteiger partial charge in [0.05, 0.1) is 28.6 Å². The van der Waals surface area contributed by atoms with Gasteiger partial charge in [0.25, 0.3) is 0 Å². The van der Waals surface area contributed by atoms with Gasteiger partial charge < -0.3 is 25.5 Å². The minimum atomic E-state index is -0.831. The number of aliphatic hydroxyl groups excluding tert-OH is 2. The number of nitrogen functional groups attached to an aromatic ring is 1. The van der Waals surface area contributed by atoms with Gasteiger partial charge >= 0.3 is 0 Å². The number of hydrogen-bond donors (Lipinski definition) is 4. The van der Waals surface area contributed by atoms with Crippen molar-refractivity contribution in [3.8, 4) is 0 Å². The Morgan fingerprint density at radius 3 is 2.60 bits per heavy atom. The molecule has 224 valence electrons. The van der Waals surface area contributed by atoms with E-state index in [1.165, 1.54) is 37.6 Å². The van der Waals surface area contributed by atoms with Crippen molar-refractivity contribution >= 4 is 27.9 Å². The summed E-state index contributed by atoms with van der Waals surface area (Å²) in [7, 11) is 0. The van der Waals surface area contributed by atoms with Gasteiger partial charge in [-0.05, 0) is 79.5 Å². The summed E-state index contributed by atoms with van der Waals surface area (Å²) in [6.07, 6.45) is 9.67. The molecule has 5 N–H and O–H groups in total. The molecule has 1 aromatic carbocycles. The molecule has 0 saturated heterocycles. The zero-order valence-corrected chi connectivity index (χ0v) is 25.1. The lowest BCUT2D eigenvalue weighted by Crippen LogP contribution is -2.48. The van der Waals surface area contributed by atoms with Crippen LogP contribution in [0.3, 0.4) is 0 Å². The third-order valence-electron chi connectivity index (χ3n) is 10.2. The van der Waals surface area contributed by atoms with Gasteiger partial charge in [-0.1, -0.05) is 26.8 Å². The van der Waals surface area contributed by atoms with Crippen LogP contribution >= 0.6 is 0 Å². The summed E-state index contributed by atoms with van der Waals surface area (Å²) in [6.45, 7) is 8.66. The van der Waals surface area contributed by atoms with Crippen LogP contribution < -0.4 is 5.73 Å². The molecular formula is C33H45N7O2. The third-order valence-corrected chi connectivity index (χ3v) is 10.2. The average Bonchev–Trinajstić information content (AvgIpc) is 3.37. The quantitative estimate of drug-likeness (QED) is 0.231. The number of benzene rings is 1. The SMILES string of the molecule is CC(C)(C)c1ccc2[nH]c(CCC3CC(N(CC4CC4)C[C@H]4C[C@@H](n5ccc6c(N)ncnc65)[C@H](O)[C@@H]4O)C3)nc2c1. The standard InChI is InChI=1S/C33H45N7O2/c1-33(2,3)22-7-8-25-26(15-22)38-28(37-25)9-6-20-12-23(13-20)39(16-19-4-5-19)17-21-14-27(30(42)29(21)41)40-11-10-24-31(34)35-18-36-32(24)40/h7-8,10-11,15,18-21,23,27,29-30,41-42H,4-6,9,12-14,16-17H2,1-3H3,(H,37,38)(H2,34,35,36)/t20?,21-,23?,27-,29-,30+/m1/s1. The number of imidazole rings is 1. The summed E-state index contributed by atoms with van der Waals surface area (Å²) in [5.74, 6) is 3.04. The number of anilines is 1. The van der Waals surface area contributed by atoms with E-state index in [4.69, 9.17) is 10.7 Å². The molecule has 0 unspecified atom stereocenters. The monoisotopic (exact) mass is 571 g/mol. The zero-order chi connectivity index (χ0) is 29.2. The first-order valence-corrected chi connectivity index (χ1v) is 15.8. The first-order chi connectivity index (χ1) is 20.1. The first kappa shape index (κ1) is 27.8. The maximum atomic E-state index is 11.2. The van der Waals surface area contributed by atoms with Crippen molar-refractivity contribution in [3.05, 3.63) is 48.2 Å². The Morgan fingerprint density at radius 2 is 1.83 bits per heavy atom. The lowest BCUT2D eigenvalue weighted by molar-refractivity contribution is -0.0120. The van der Waals surface area contributed by atoms with E-state index in [-0.39, 0.29) is 17.4 Å². The molecule has 9 heteroatoms. The van der Waals surface area contributed by atoms with Crippen LogP contribution in [-0.2, 0) is 11.8 Å². The van der Waals surface area contributed by atoms with E-state index in [2.05, 4.69) is 58.8 Å². The second-order valence-corrected chi connectivity index (χ2v) is 14.4. The smallest absolute Gasteiger partial charge is 0.145 e. The Morgan fingerprint density at radius 1 is 1.02 bits per heavy atom. The molecule has 3 fully saturated rings. The van der Waals surface area contributed by atoms with Crippen molar-refractivity contribution in [2.24, 2.45) is 17.8 Å². The number of nitrogens with zero attached hydrogens (tertiary/aromatic N) is 5. The van der Waals surface area contributed by atoms with Crippen molar-refractivity contribution in [1.29, 1.82) is 0 Å². The highest BCUT2D eigenvalue weighted by Gasteiger charge is 2.45. The number of nitrogens with one attached hydrogen (secondary N) is 1. The second kappa shape index (κ2) is 10.6. The van der Waals surface area contributed by atoms with Crippen LogP contribution in [0.2, 0.25) is 0 Å². The van der Waals surface area contributed by atoms with Gasteiger partial charge in [-0.25, -0.2) is 15.0 Å². The zero-order valence-electron chi connectivity index (χ0n) is 25.1. The second-order valence-electron chi connectivity index (χ2n) is 14.4. The fourth-order valence-corrected chi connectivity index (χ4v) is 7.34. The van der Waals surface area contributed by atoms with E-state index in [1.54, 1.807) is 0 Å². The molecule has 42 heavy (non-hydrogen) atoms. The Hall–Kier alpha value is -3.01. The number of H-pyrrole nitrogens is 1. The molecule has 9 nitrogen and oxygen atoms in total. The lowest BCUT2D eigenvalue weighted by Gasteiger charge is -2.44. The van der Waals surface area contributed by atoms with Gasteiger partial charge in [0, 0.05) is 37.7 Å². The molecule has 0 amide bonds. The number of aliphatic hydroxyl groups is 2. The lowest BCUT2D eigenvalue weighted by atomic mass is 9.76. The third kappa shape index (κ3) is 5.31. The molecule has 0 bridgehead atoms. The van der Waals surface area contributed by atoms with E-state index in [9.17, 15) is 10.2 Å². The average molecular weight is 572 g/mol. The summed E-state index contributed by atoms with van der Waals surface area (Å²) in [4.78, 5) is 19.6. The topological polar surface area (TPSA) is 129 Å². The minimum Gasteiger partial charge on any atom is -0.390 e. The van der Waals surface area contributed by atoms with E-state index in [0.29, 0.717) is 17.8 Å². The Bertz CT molecular complexity index is 1560. The number of aromatic nitrogens is 5. The van der Waals surface area contributed by atoms with Crippen molar-refractivity contribution < 1.29 is 10.2 Å². The normalized spacial score (nSPS) is 28.2. The highest BCUT2D eigenvalue weighted by Crippen LogP contribution is 2.42. The Balaban J connectivity index is 0.971. The molecule has 4 aromatic rings. The molecule has 3 saturated carbocycles. The van der Waals surface area contributed by atoms with Crippen molar-refractivity contribution in [1.82, 2.24) is 29.4 Å². The molecule has 0 spiro atoms. The molecule has 3 aliphatic rings. The number of aryl methyl sites for hydroxylation is 1. The fourth-order valence-electron chi connectivity index (χ4n) is 7.34. The molecule has 0 aliphatic heterocycles. The van der Waals surface area contributed by atoms with Gasteiger partial charge in [0.2, 0.25) is 0 Å². The number of nitrogens with two attached hydrogens (primary N) is 1. The van der Waals surface area contributed by atoms with Gasteiger partial charge in [0.1, 0.15) is 29.7 Å². The summed E-state index contributed by atoms with van der Waals surface area (Å²) in [5.41, 5.74) is 10.4. The van der Waals surface area contributed by atoms with Crippen LogP contribution in [0.25, 0.3) is 22.1 Å². The largest absolute Gasteiger partial charge is 0.390 e. The molecule has 3 heterocycles. The summed E-state index contributed by atoms with van der Waals surface area (Å²) in [5, 5.41) is 23.0. The highest BCUT2D eigenvalue weighted by molar-refractivity contribution is 5.86. The molecule has 4 atom stereocenters. The van der Waals surface area contributed by atoms with Gasteiger partial charge in [0.15, 0.2) is 0 Å². The van der Waals surface area contributed by atoms with Crippen LogP contribution in [0, 0.1) is 17.8 Å². The summed E-state index contributed by atoms with van der Waals surface area (Å²) in [6, 6.07) is 8.84. The molecule has 3 aliphatic carbocycles. The summed E-state index contributed by atoms with van der Waals surface area (Å²) < 4.78 is 1.98. The van der Waals surface area contributed by atoms with E-state index < -0.39 is 12.2 Å². The molecule has 0 radical (unpaired) electrons. The van der Waals surface area contributed by atoms with Gasteiger partial charge in [-0.3, -0.25) is 4.90 Å². The van der Waals surface area contributed by atoms with Crippen LogP contribution in [0.15, 0.2) is 36.8 Å². The number of rotatable bonds is 9. The fraction of sp³-hybridized carbons (Fsp3) is 0.606.